The summed E-state index contributed by atoms with van der Waals surface area (Å²) in [6, 6.07) is 7.05. The molecule has 0 saturated heterocycles. The molecule has 244 valence electrons. The van der Waals surface area contributed by atoms with Crippen LogP contribution in [0.15, 0.2) is 30.5 Å². The SMILES string of the molecule is CCOc1ccc(N(C(=O)OC(C)(C)C)c2c(C)c(N[C@H]3CC[C@H](NC(=O)OC(C)(C)C)CC3)nc3c(C(N)=O)cnn23)cc1. The average molecular weight is 624 g/mol. The van der Waals surface area contributed by atoms with E-state index in [4.69, 9.17) is 24.9 Å². The van der Waals surface area contributed by atoms with Gasteiger partial charge in [0.05, 0.1) is 18.5 Å². The first-order valence-electron chi connectivity index (χ1n) is 15.3. The summed E-state index contributed by atoms with van der Waals surface area (Å²) in [7, 11) is 0. The molecule has 0 atom stereocenters. The van der Waals surface area contributed by atoms with E-state index in [0.717, 1.165) is 25.7 Å². The Morgan fingerprint density at radius 1 is 0.978 bits per heavy atom. The number of alkyl carbamates (subject to hydrolysis) is 1. The van der Waals surface area contributed by atoms with Crippen LogP contribution in [0.2, 0.25) is 0 Å². The molecule has 0 radical (unpaired) electrons. The van der Waals surface area contributed by atoms with Crippen molar-refractivity contribution in [2.75, 3.05) is 16.8 Å². The molecule has 13 nitrogen and oxygen atoms in total. The highest BCUT2D eigenvalue weighted by molar-refractivity contribution is 6.01. The Kier molecular flexibility index (Phi) is 9.79. The maximum Gasteiger partial charge on any atom is 0.420 e. The van der Waals surface area contributed by atoms with Crippen molar-refractivity contribution in [1.82, 2.24) is 19.9 Å². The molecule has 4 rings (SSSR count). The van der Waals surface area contributed by atoms with Gasteiger partial charge < -0.3 is 30.6 Å². The van der Waals surface area contributed by atoms with Crippen molar-refractivity contribution in [3.05, 3.63) is 41.6 Å². The molecule has 4 N–H and O–H groups in total. The number of nitrogens with zero attached hydrogens (tertiary/aromatic N) is 4. The highest BCUT2D eigenvalue weighted by Crippen LogP contribution is 2.36. The van der Waals surface area contributed by atoms with Crippen LogP contribution in [-0.2, 0) is 9.47 Å². The van der Waals surface area contributed by atoms with Gasteiger partial charge in [-0.25, -0.2) is 19.5 Å². The number of primary amides is 1. The van der Waals surface area contributed by atoms with Gasteiger partial charge in [0, 0.05) is 17.6 Å². The molecule has 13 heteroatoms. The quantitative estimate of drug-likeness (QED) is 0.279. The second-order valence-electron chi connectivity index (χ2n) is 13.1. The van der Waals surface area contributed by atoms with E-state index in [2.05, 4.69) is 15.7 Å². The summed E-state index contributed by atoms with van der Waals surface area (Å²) in [6.45, 7) is 15.1. The van der Waals surface area contributed by atoms with Gasteiger partial charge in [0.2, 0.25) is 0 Å². The van der Waals surface area contributed by atoms with Crippen LogP contribution in [0.25, 0.3) is 5.65 Å². The minimum atomic E-state index is -0.795. The Labute approximate surface area is 263 Å². The van der Waals surface area contributed by atoms with E-state index in [-0.39, 0.29) is 23.3 Å². The van der Waals surface area contributed by atoms with Gasteiger partial charge in [-0.05, 0) is 105 Å². The summed E-state index contributed by atoms with van der Waals surface area (Å²) in [6.07, 6.45) is 3.25. The highest BCUT2D eigenvalue weighted by Gasteiger charge is 2.32. The number of ether oxygens (including phenoxy) is 3. The lowest BCUT2D eigenvalue weighted by molar-refractivity contribution is 0.0490. The molecule has 1 aliphatic carbocycles. The van der Waals surface area contributed by atoms with Gasteiger partial charge in [-0.15, -0.1) is 0 Å². The van der Waals surface area contributed by atoms with Crippen molar-refractivity contribution in [1.29, 1.82) is 0 Å². The zero-order chi connectivity index (χ0) is 33.1. The fourth-order valence-corrected chi connectivity index (χ4v) is 5.17. The molecule has 0 unspecified atom stereocenters. The summed E-state index contributed by atoms with van der Waals surface area (Å²) in [5.74, 6) is 0.769. The number of rotatable bonds is 8. The Morgan fingerprint density at radius 2 is 1.58 bits per heavy atom. The molecular formula is C32H45N7O6. The van der Waals surface area contributed by atoms with Gasteiger partial charge in [-0.2, -0.15) is 9.61 Å². The number of hydrogen-bond donors (Lipinski definition) is 3. The zero-order valence-electron chi connectivity index (χ0n) is 27.4. The number of aromatic nitrogens is 3. The fourth-order valence-electron chi connectivity index (χ4n) is 5.17. The number of amides is 3. The smallest absolute Gasteiger partial charge is 0.420 e. The van der Waals surface area contributed by atoms with Crippen molar-refractivity contribution in [2.24, 2.45) is 5.73 Å². The third kappa shape index (κ3) is 8.34. The third-order valence-electron chi connectivity index (χ3n) is 7.10. The Bertz CT molecular complexity index is 1530. The van der Waals surface area contributed by atoms with Crippen molar-refractivity contribution < 1.29 is 28.6 Å². The van der Waals surface area contributed by atoms with E-state index < -0.39 is 29.3 Å². The van der Waals surface area contributed by atoms with Crippen LogP contribution < -0.4 is 26.0 Å². The first-order valence-corrected chi connectivity index (χ1v) is 15.3. The molecule has 0 aliphatic heterocycles. The van der Waals surface area contributed by atoms with Crippen LogP contribution in [0, 0.1) is 6.92 Å². The number of nitrogens with one attached hydrogen (secondary N) is 2. The maximum absolute atomic E-state index is 13.9. The number of carbonyl (C=O) groups excluding carboxylic acids is 3. The summed E-state index contributed by atoms with van der Waals surface area (Å²) in [5.41, 5.74) is 5.75. The number of carbonyl (C=O) groups is 3. The number of nitrogens with two attached hydrogens (primary N) is 1. The van der Waals surface area contributed by atoms with Crippen LogP contribution in [0.1, 0.15) is 90.1 Å². The molecule has 0 bridgehead atoms. The minimum absolute atomic E-state index is 0.0105. The van der Waals surface area contributed by atoms with E-state index in [1.54, 1.807) is 45.0 Å². The van der Waals surface area contributed by atoms with Gasteiger partial charge in [0.25, 0.3) is 5.91 Å². The second-order valence-corrected chi connectivity index (χ2v) is 13.1. The van der Waals surface area contributed by atoms with Crippen LogP contribution in [-0.4, -0.2) is 62.6 Å². The molecular weight excluding hydrogens is 578 g/mol. The Balaban J connectivity index is 1.72. The predicted octanol–water partition coefficient (Wildman–Crippen LogP) is 5.86. The van der Waals surface area contributed by atoms with Crippen LogP contribution in [0.3, 0.4) is 0 Å². The van der Waals surface area contributed by atoms with Crippen LogP contribution in [0.4, 0.5) is 26.9 Å². The summed E-state index contributed by atoms with van der Waals surface area (Å²) >= 11 is 0. The summed E-state index contributed by atoms with van der Waals surface area (Å²) in [4.78, 5) is 44.7. The van der Waals surface area contributed by atoms with Gasteiger partial charge in [0.1, 0.15) is 28.3 Å². The first-order chi connectivity index (χ1) is 21.1. The summed E-state index contributed by atoms with van der Waals surface area (Å²) in [5, 5.41) is 10.9. The molecule has 1 fully saturated rings. The molecule has 3 amide bonds. The van der Waals surface area contributed by atoms with Crippen molar-refractivity contribution in [3.63, 3.8) is 0 Å². The maximum atomic E-state index is 13.9. The molecule has 2 heterocycles. The lowest BCUT2D eigenvalue weighted by Gasteiger charge is -2.32. The van der Waals surface area contributed by atoms with Gasteiger partial charge >= 0.3 is 12.2 Å². The molecule has 0 spiro atoms. The van der Waals surface area contributed by atoms with Gasteiger partial charge in [-0.1, -0.05) is 0 Å². The fraction of sp³-hybridized carbons (Fsp3) is 0.531. The normalized spacial score (nSPS) is 17.0. The van der Waals surface area contributed by atoms with Crippen molar-refractivity contribution in [2.45, 2.75) is 104 Å². The van der Waals surface area contributed by atoms with E-state index in [0.29, 0.717) is 35.2 Å². The topological polar surface area (TPSA) is 162 Å². The van der Waals surface area contributed by atoms with Gasteiger partial charge in [-0.3, -0.25) is 4.79 Å². The second kappa shape index (κ2) is 13.2. The molecule has 45 heavy (non-hydrogen) atoms. The first kappa shape index (κ1) is 33.3. The number of fused-ring (bicyclic) bond motifs is 1. The number of anilines is 3. The van der Waals surface area contributed by atoms with E-state index in [1.165, 1.54) is 15.6 Å². The lowest BCUT2D eigenvalue weighted by atomic mass is 9.91. The largest absolute Gasteiger partial charge is 0.494 e. The average Bonchev–Trinajstić information content (AvgIpc) is 3.34. The number of benzene rings is 1. The lowest BCUT2D eigenvalue weighted by Crippen LogP contribution is -2.42. The summed E-state index contributed by atoms with van der Waals surface area (Å²) < 4.78 is 18.3. The Morgan fingerprint density at radius 3 is 2.13 bits per heavy atom. The monoisotopic (exact) mass is 623 g/mol. The van der Waals surface area contributed by atoms with E-state index >= 15 is 0 Å². The molecule has 3 aromatic rings. The van der Waals surface area contributed by atoms with Crippen LogP contribution >= 0.6 is 0 Å². The van der Waals surface area contributed by atoms with E-state index in [1.807, 2.05) is 34.6 Å². The predicted molar refractivity (Wildman–Crippen MR) is 171 cm³/mol. The van der Waals surface area contributed by atoms with E-state index in [9.17, 15) is 14.4 Å². The highest BCUT2D eigenvalue weighted by atomic mass is 16.6. The Hall–Kier alpha value is -4.55. The van der Waals surface area contributed by atoms with Gasteiger partial charge in [0.15, 0.2) is 11.5 Å². The van der Waals surface area contributed by atoms with Crippen molar-refractivity contribution >= 4 is 41.1 Å². The van der Waals surface area contributed by atoms with Crippen molar-refractivity contribution in [3.8, 4) is 5.75 Å². The molecule has 1 aliphatic rings. The molecule has 1 aromatic carbocycles. The minimum Gasteiger partial charge on any atom is -0.494 e. The van der Waals surface area contributed by atoms with Crippen LogP contribution in [0.5, 0.6) is 5.75 Å². The molecule has 1 saturated carbocycles. The third-order valence-corrected chi connectivity index (χ3v) is 7.10. The number of hydrogen-bond acceptors (Lipinski definition) is 9. The zero-order valence-corrected chi connectivity index (χ0v) is 27.4. The molecule has 2 aromatic heterocycles. The standard InChI is InChI=1S/C32H45N7O6/c1-9-43-23-16-14-22(15-17-23)38(30(42)45-32(6,7)8)28-19(2)26(37-27-24(25(33)40)18-34-39(27)28)35-20-10-12-21(13-11-20)36-29(41)44-31(3,4)5/h14-18,20-21H,9-13H2,1-8H3,(H2,33,40)(H,35,37)(H,36,41)/t20-,21-.